The average molecular weight is 569 g/mol. The summed E-state index contributed by atoms with van der Waals surface area (Å²) in [6.07, 6.45) is 0.647. The van der Waals surface area contributed by atoms with Crippen molar-refractivity contribution in [3.8, 4) is 0 Å². The van der Waals surface area contributed by atoms with E-state index in [9.17, 15) is 19.8 Å². The average Bonchev–Trinajstić information content (AvgIpc) is 3.53. The summed E-state index contributed by atoms with van der Waals surface area (Å²) >= 11 is 0. The molecule has 0 spiro atoms. The Morgan fingerprint density at radius 2 is 1.08 bits per heavy atom. The van der Waals surface area contributed by atoms with Crippen molar-refractivity contribution in [3.63, 3.8) is 0 Å². The monoisotopic (exact) mass is 568 g/mol. The number of rotatable bonds is 6. The number of nitrogens with one attached hydrogen (secondary N) is 2. The second-order valence-corrected chi connectivity index (χ2v) is 9.98. The zero-order valence-electron chi connectivity index (χ0n) is 22.2. The van der Waals surface area contributed by atoms with Gasteiger partial charge in [-0.3, -0.25) is 9.59 Å². The largest absolute Gasteiger partial charge is 2.00 e. The predicted molar refractivity (Wildman–Crippen MR) is 149 cm³/mol. The molecule has 0 atom stereocenters. The Balaban J connectivity index is 0.00000353. The number of aromatic amines is 2. The first-order valence-electron chi connectivity index (χ1n) is 12.6. The van der Waals surface area contributed by atoms with E-state index in [1.807, 2.05) is 39.0 Å². The van der Waals surface area contributed by atoms with Crippen LogP contribution in [0.2, 0.25) is 0 Å². The van der Waals surface area contributed by atoms with Crippen molar-refractivity contribution in [3.05, 3.63) is 70.3 Å². The van der Waals surface area contributed by atoms with Gasteiger partial charge in [-0.05, 0) is 110 Å². The molecule has 0 aliphatic carbocycles. The van der Waals surface area contributed by atoms with Crippen molar-refractivity contribution < 1.29 is 36.3 Å². The van der Waals surface area contributed by atoms with Gasteiger partial charge in [-0.1, -0.05) is 0 Å². The zero-order valence-corrected chi connectivity index (χ0v) is 23.2. The van der Waals surface area contributed by atoms with E-state index in [0.29, 0.717) is 24.2 Å². The fourth-order valence-electron chi connectivity index (χ4n) is 5.10. The maximum absolute atomic E-state index is 11.4. The number of H-pyrrole nitrogens is 2. The van der Waals surface area contributed by atoms with Crippen LogP contribution in [0.3, 0.4) is 0 Å². The fraction of sp³-hybridized carbons (Fsp3) is 0.267. The molecule has 8 nitrogen and oxygen atoms in total. The van der Waals surface area contributed by atoms with Gasteiger partial charge >= 0.3 is 28.4 Å². The molecule has 2 aliphatic rings. The molecular formula is C30H30N4NiO4+2. The summed E-state index contributed by atoms with van der Waals surface area (Å²) in [4.78, 5) is 39.6. The third kappa shape index (κ3) is 5.74. The normalized spacial score (nSPS) is 13.0. The molecular weight excluding hydrogens is 539 g/mol. The molecule has 0 unspecified atom stereocenters. The van der Waals surface area contributed by atoms with Crippen LogP contribution in [0.25, 0.3) is 44.4 Å². The van der Waals surface area contributed by atoms with Crippen molar-refractivity contribution in [2.75, 3.05) is 0 Å². The van der Waals surface area contributed by atoms with E-state index in [4.69, 9.17) is 9.97 Å². The first kappa shape index (κ1) is 28.1. The molecule has 5 heterocycles. The zero-order chi connectivity index (χ0) is 27.1. The summed E-state index contributed by atoms with van der Waals surface area (Å²) in [5, 5.41) is 18.7. The van der Waals surface area contributed by atoms with E-state index in [1.54, 1.807) is 0 Å². The van der Waals surface area contributed by atoms with Crippen LogP contribution in [0, 0.1) is 13.8 Å². The van der Waals surface area contributed by atoms with Gasteiger partial charge in [0.25, 0.3) is 0 Å². The number of hydrogen-bond acceptors (Lipinski definition) is 4. The molecule has 0 aromatic carbocycles. The molecule has 202 valence electrons. The SMILES string of the molecule is CC1=C(CCC(=O)O)c2cc3nc(cc4[nH]c(cc4C)cc4[nH]c(cc1n2)cc4C)C(C)=C3CCC(=O)O.[Ni+2]. The molecule has 0 amide bonds. The van der Waals surface area contributed by atoms with Gasteiger partial charge in [0.1, 0.15) is 0 Å². The molecule has 9 heteroatoms. The minimum Gasteiger partial charge on any atom is -0.481 e. The van der Waals surface area contributed by atoms with E-state index in [0.717, 1.165) is 66.9 Å². The fourth-order valence-corrected chi connectivity index (χ4v) is 5.10. The molecule has 0 fully saturated rings. The Hall–Kier alpha value is -3.97. The predicted octanol–water partition coefficient (Wildman–Crippen LogP) is 6.52. The number of carboxylic acids is 2. The first-order valence-corrected chi connectivity index (χ1v) is 12.6. The van der Waals surface area contributed by atoms with Gasteiger partial charge in [-0.2, -0.15) is 0 Å². The topological polar surface area (TPSA) is 132 Å². The third-order valence-corrected chi connectivity index (χ3v) is 7.25. The number of nitrogens with zero attached hydrogens (tertiary/aromatic N) is 2. The number of aliphatic carboxylic acids is 2. The van der Waals surface area contributed by atoms with E-state index in [1.165, 1.54) is 0 Å². The van der Waals surface area contributed by atoms with Crippen molar-refractivity contribution in [2.24, 2.45) is 0 Å². The number of aryl methyl sites for hydroxylation is 2. The van der Waals surface area contributed by atoms with Crippen LogP contribution in [0.4, 0.5) is 0 Å². The van der Waals surface area contributed by atoms with E-state index < -0.39 is 11.9 Å². The molecule has 3 aromatic heterocycles. The van der Waals surface area contributed by atoms with Gasteiger partial charge < -0.3 is 20.2 Å². The van der Waals surface area contributed by atoms with Gasteiger partial charge in [-0.15, -0.1) is 0 Å². The number of fused-ring (bicyclic) bond motifs is 8. The number of carbonyl (C=O) groups is 2. The van der Waals surface area contributed by atoms with Gasteiger partial charge in [-0.25, -0.2) is 9.97 Å². The Labute approximate surface area is 235 Å². The Bertz CT molecular complexity index is 1730. The van der Waals surface area contributed by atoms with Crippen LogP contribution < -0.4 is 0 Å². The molecule has 3 aromatic rings. The minimum atomic E-state index is -0.873. The number of allylic oxidation sites excluding steroid dienone is 4. The summed E-state index contributed by atoms with van der Waals surface area (Å²) in [5.74, 6) is -1.75. The summed E-state index contributed by atoms with van der Waals surface area (Å²) in [7, 11) is 0. The Morgan fingerprint density at radius 1 is 0.641 bits per heavy atom. The van der Waals surface area contributed by atoms with Gasteiger partial charge in [0.2, 0.25) is 0 Å². The number of carboxylic acid groups (broad SMARTS) is 2. The summed E-state index contributed by atoms with van der Waals surface area (Å²) in [5.41, 5.74) is 12.4. The van der Waals surface area contributed by atoms with E-state index in [2.05, 4.69) is 35.1 Å². The minimum absolute atomic E-state index is 0. The van der Waals surface area contributed by atoms with Crippen LogP contribution in [-0.4, -0.2) is 42.1 Å². The molecule has 8 bridgehead atoms. The van der Waals surface area contributed by atoms with Gasteiger partial charge in [0.15, 0.2) is 0 Å². The van der Waals surface area contributed by atoms with Crippen molar-refractivity contribution in [1.29, 1.82) is 0 Å². The maximum atomic E-state index is 11.4. The van der Waals surface area contributed by atoms with Crippen LogP contribution in [0.5, 0.6) is 0 Å². The van der Waals surface area contributed by atoms with Gasteiger partial charge in [0, 0.05) is 34.9 Å². The van der Waals surface area contributed by atoms with E-state index >= 15 is 0 Å². The molecule has 4 N–H and O–H groups in total. The second-order valence-electron chi connectivity index (χ2n) is 9.98. The smallest absolute Gasteiger partial charge is 0.481 e. The standard InChI is InChI=1S/C30H30N4O4.Ni/c1-15-9-20-12-25-17(3)21(5-7-29(35)36)27(33-25)14-28-22(6-8-30(37)38)18(4)26(34-28)13-24-16(2)10-19(32-24)11-23(15)31-20;/h9-14,31-32H,5-8H2,1-4H3,(H,35,36)(H,37,38);/q;+2. The quantitative estimate of drug-likeness (QED) is 0.250. The summed E-state index contributed by atoms with van der Waals surface area (Å²) in [6, 6.07) is 12.1. The summed E-state index contributed by atoms with van der Waals surface area (Å²) < 4.78 is 0. The van der Waals surface area contributed by atoms with Crippen LogP contribution in [0.15, 0.2) is 36.4 Å². The Kier molecular flexibility index (Phi) is 7.93. The van der Waals surface area contributed by atoms with Crippen LogP contribution in [0.1, 0.15) is 73.4 Å². The van der Waals surface area contributed by atoms with Crippen LogP contribution >= 0.6 is 0 Å². The molecule has 0 radical (unpaired) electrons. The third-order valence-electron chi connectivity index (χ3n) is 7.25. The van der Waals surface area contributed by atoms with Crippen molar-refractivity contribution >= 4 is 56.3 Å². The number of aromatic nitrogens is 4. The van der Waals surface area contributed by atoms with E-state index in [-0.39, 0.29) is 29.3 Å². The first-order chi connectivity index (χ1) is 18.1. The Morgan fingerprint density at radius 3 is 1.56 bits per heavy atom. The van der Waals surface area contributed by atoms with Crippen molar-refractivity contribution in [2.45, 2.75) is 53.4 Å². The molecule has 39 heavy (non-hydrogen) atoms. The molecule has 5 rings (SSSR count). The van der Waals surface area contributed by atoms with Crippen LogP contribution in [-0.2, 0) is 26.1 Å². The molecule has 0 saturated carbocycles. The van der Waals surface area contributed by atoms with Crippen molar-refractivity contribution in [1.82, 2.24) is 19.9 Å². The maximum Gasteiger partial charge on any atom is 2.00 e. The molecule has 0 saturated heterocycles. The number of hydrogen-bond donors (Lipinski definition) is 4. The van der Waals surface area contributed by atoms with Gasteiger partial charge in [0.05, 0.1) is 22.8 Å². The molecule has 2 aliphatic heterocycles. The second kappa shape index (κ2) is 11.0. The summed E-state index contributed by atoms with van der Waals surface area (Å²) in [6.45, 7) is 8.01.